The molecule has 148 valence electrons. The van der Waals surface area contributed by atoms with Crippen LogP contribution in [0.2, 0.25) is 0 Å². The van der Waals surface area contributed by atoms with E-state index in [-0.39, 0.29) is 24.4 Å². The Kier molecular flexibility index (Phi) is 4.93. The molecule has 1 aliphatic heterocycles. The average Bonchev–Trinajstić information content (AvgIpc) is 3.37. The molecule has 0 spiro atoms. The molecule has 2 heterocycles. The fourth-order valence-corrected chi connectivity index (χ4v) is 3.66. The number of anilines is 1. The number of carbonyl (C=O) groups excluding carboxylic acids is 2. The number of rotatable bonds is 6. The van der Waals surface area contributed by atoms with Gasteiger partial charge >= 0.3 is 6.03 Å². The van der Waals surface area contributed by atoms with E-state index in [2.05, 4.69) is 15.7 Å². The molecule has 8 heteroatoms. The van der Waals surface area contributed by atoms with Crippen LogP contribution in [-0.4, -0.2) is 41.4 Å². The number of hydrogen-bond acceptors (Lipinski definition) is 4. The molecule has 28 heavy (non-hydrogen) atoms. The standard InChI is InChI=1S/C20H25N5O3/c1-24-18(17(10-22-24)13-6-7-13)11-21-20(27)23-14-8-19(26)25(12-14)15-4-3-5-16(9-15)28-2/h3-5,9-10,13-14H,6-8,11-12H2,1-2H3,(H2,21,23,27). The Hall–Kier alpha value is -3.03. The first kappa shape index (κ1) is 18.3. The van der Waals surface area contributed by atoms with Crippen LogP contribution < -0.4 is 20.3 Å². The van der Waals surface area contributed by atoms with Crippen molar-refractivity contribution in [3.63, 3.8) is 0 Å². The lowest BCUT2D eigenvalue weighted by molar-refractivity contribution is -0.117. The number of urea groups is 1. The molecule has 2 fully saturated rings. The summed E-state index contributed by atoms with van der Waals surface area (Å²) in [5.74, 6) is 1.26. The predicted octanol–water partition coefficient (Wildman–Crippen LogP) is 1.91. The van der Waals surface area contributed by atoms with Gasteiger partial charge in [0.1, 0.15) is 5.75 Å². The van der Waals surface area contributed by atoms with Gasteiger partial charge in [0.15, 0.2) is 0 Å². The summed E-state index contributed by atoms with van der Waals surface area (Å²) < 4.78 is 7.04. The van der Waals surface area contributed by atoms with E-state index < -0.39 is 0 Å². The molecular weight excluding hydrogens is 358 g/mol. The molecular formula is C20H25N5O3. The molecule has 1 unspecified atom stereocenters. The van der Waals surface area contributed by atoms with E-state index in [4.69, 9.17) is 4.74 Å². The van der Waals surface area contributed by atoms with Gasteiger partial charge in [-0.15, -0.1) is 0 Å². The Labute approximate surface area is 163 Å². The molecule has 2 aromatic rings. The molecule has 1 atom stereocenters. The van der Waals surface area contributed by atoms with Crippen molar-refractivity contribution in [3.05, 3.63) is 41.7 Å². The third kappa shape index (κ3) is 3.81. The number of amides is 3. The lowest BCUT2D eigenvalue weighted by atomic mass is 10.1. The number of ether oxygens (including phenoxy) is 1. The van der Waals surface area contributed by atoms with E-state index in [1.807, 2.05) is 42.2 Å². The fourth-order valence-electron chi connectivity index (χ4n) is 3.66. The normalized spacial score (nSPS) is 19.0. The highest BCUT2D eigenvalue weighted by atomic mass is 16.5. The second-order valence-electron chi connectivity index (χ2n) is 7.38. The van der Waals surface area contributed by atoms with Crippen molar-refractivity contribution in [3.8, 4) is 5.75 Å². The molecule has 2 N–H and O–H groups in total. The van der Waals surface area contributed by atoms with Crippen LogP contribution in [0, 0.1) is 0 Å². The molecule has 8 nitrogen and oxygen atoms in total. The third-order valence-electron chi connectivity index (χ3n) is 5.35. The summed E-state index contributed by atoms with van der Waals surface area (Å²) in [7, 11) is 3.49. The Morgan fingerprint density at radius 3 is 2.93 bits per heavy atom. The highest BCUT2D eigenvalue weighted by Gasteiger charge is 2.32. The number of nitrogens with one attached hydrogen (secondary N) is 2. The summed E-state index contributed by atoms with van der Waals surface area (Å²) in [5, 5.41) is 10.1. The monoisotopic (exact) mass is 383 g/mol. The number of benzene rings is 1. The molecule has 0 radical (unpaired) electrons. The van der Waals surface area contributed by atoms with E-state index in [0.717, 1.165) is 11.4 Å². The minimum atomic E-state index is -0.270. The van der Waals surface area contributed by atoms with Crippen molar-refractivity contribution < 1.29 is 14.3 Å². The van der Waals surface area contributed by atoms with Crippen molar-refractivity contribution in [1.82, 2.24) is 20.4 Å². The van der Waals surface area contributed by atoms with Crippen LogP contribution in [0.15, 0.2) is 30.5 Å². The largest absolute Gasteiger partial charge is 0.497 e. The number of methoxy groups -OCH3 is 1. The molecule has 1 aromatic carbocycles. The van der Waals surface area contributed by atoms with Gasteiger partial charge in [0.25, 0.3) is 0 Å². The van der Waals surface area contributed by atoms with Crippen molar-refractivity contribution in [1.29, 1.82) is 0 Å². The first-order valence-electron chi connectivity index (χ1n) is 9.54. The maximum absolute atomic E-state index is 12.4. The lowest BCUT2D eigenvalue weighted by Gasteiger charge is -2.18. The zero-order valence-electron chi connectivity index (χ0n) is 16.1. The van der Waals surface area contributed by atoms with E-state index in [1.54, 1.807) is 12.0 Å². The van der Waals surface area contributed by atoms with Gasteiger partial charge in [-0.1, -0.05) is 6.07 Å². The molecule has 0 bridgehead atoms. The third-order valence-corrected chi connectivity index (χ3v) is 5.35. The molecule has 1 aliphatic carbocycles. The summed E-state index contributed by atoms with van der Waals surface area (Å²) >= 11 is 0. The number of nitrogens with zero attached hydrogens (tertiary/aromatic N) is 3. The van der Waals surface area contributed by atoms with Crippen LogP contribution in [0.5, 0.6) is 5.75 Å². The fraction of sp³-hybridized carbons (Fsp3) is 0.450. The van der Waals surface area contributed by atoms with Crippen molar-refractivity contribution in [2.45, 2.75) is 37.8 Å². The van der Waals surface area contributed by atoms with Gasteiger partial charge in [0.05, 0.1) is 31.6 Å². The van der Waals surface area contributed by atoms with Crippen molar-refractivity contribution >= 4 is 17.6 Å². The quantitative estimate of drug-likeness (QED) is 0.798. The van der Waals surface area contributed by atoms with Gasteiger partial charge < -0.3 is 20.3 Å². The Bertz CT molecular complexity index is 890. The predicted molar refractivity (Wildman–Crippen MR) is 104 cm³/mol. The van der Waals surface area contributed by atoms with Crippen LogP contribution in [0.4, 0.5) is 10.5 Å². The summed E-state index contributed by atoms with van der Waals surface area (Å²) in [6.07, 6.45) is 4.56. The zero-order chi connectivity index (χ0) is 19.7. The Balaban J connectivity index is 1.33. The Morgan fingerprint density at radius 2 is 2.18 bits per heavy atom. The zero-order valence-corrected chi connectivity index (χ0v) is 16.1. The lowest BCUT2D eigenvalue weighted by Crippen LogP contribution is -2.43. The van der Waals surface area contributed by atoms with Crippen molar-refractivity contribution in [2.24, 2.45) is 7.05 Å². The number of aryl methyl sites for hydroxylation is 1. The Morgan fingerprint density at radius 1 is 1.36 bits per heavy atom. The van der Waals surface area contributed by atoms with Crippen LogP contribution in [0.1, 0.15) is 36.4 Å². The molecule has 2 aliphatic rings. The van der Waals surface area contributed by atoms with Crippen LogP contribution in [0.25, 0.3) is 0 Å². The smallest absolute Gasteiger partial charge is 0.315 e. The average molecular weight is 383 g/mol. The second kappa shape index (κ2) is 7.53. The maximum Gasteiger partial charge on any atom is 0.315 e. The van der Waals surface area contributed by atoms with E-state index in [9.17, 15) is 9.59 Å². The maximum atomic E-state index is 12.4. The second-order valence-corrected chi connectivity index (χ2v) is 7.38. The molecule has 4 rings (SSSR count). The summed E-state index contributed by atoms with van der Waals surface area (Å²) in [4.78, 5) is 26.4. The van der Waals surface area contributed by atoms with E-state index in [1.165, 1.54) is 18.4 Å². The summed E-state index contributed by atoms with van der Waals surface area (Å²) in [6, 6.07) is 6.87. The van der Waals surface area contributed by atoms with Crippen molar-refractivity contribution in [2.75, 3.05) is 18.6 Å². The molecule has 1 aromatic heterocycles. The minimum absolute atomic E-state index is 0.0128. The van der Waals surface area contributed by atoms with E-state index >= 15 is 0 Å². The SMILES string of the molecule is COc1cccc(N2CC(NC(=O)NCc3c(C4CC4)cnn3C)CC2=O)c1. The number of carbonyl (C=O) groups is 2. The molecule has 3 amide bonds. The number of aromatic nitrogens is 2. The van der Waals surface area contributed by atoms with Gasteiger partial charge in [-0.05, 0) is 36.5 Å². The van der Waals surface area contributed by atoms with Crippen LogP contribution >= 0.6 is 0 Å². The molecule has 1 saturated carbocycles. The van der Waals surface area contributed by atoms with Gasteiger partial charge in [-0.2, -0.15) is 5.10 Å². The first-order valence-corrected chi connectivity index (χ1v) is 9.54. The first-order chi connectivity index (χ1) is 13.5. The van der Waals surface area contributed by atoms with Gasteiger partial charge in [-0.3, -0.25) is 9.48 Å². The summed E-state index contributed by atoms with van der Waals surface area (Å²) in [5.41, 5.74) is 3.04. The van der Waals surface area contributed by atoms with Gasteiger partial charge in [0.2, 0.25) is 5.91 Å². The number of hydrogen-bond donors (Lipinski definition) is 2. The van der Waals surface area contributed by atoms with Crippen LogP contribution in [0.3, 0.4) is 0 Å². The van der Waals surface area contributed by atoms with E-state index in [0.29, 0.717) is 24.8 Å². The molecule has 1 saturated heterocycles. The minimum Gasteiger partial charge on any atom is -0.497 e. The van der Waals surface area contributed by atoms with Gasteiger partial charge in [-0.25, -0.2) is 4.79 Å². The highest BCUT2D eigenvalue weighted by molar-refractivity contribution is 5.97. The summed E-state index contributed by atoms with van der Waals surface area (Å²) in [6.45, 7) is 0.868. The highest BCUT2D eigenvalue weighted by Crippen LogP contribution is 2.41. The van der Waals surface area contributed by atoms with Crippen LogP contribution in [-0.2, 0) is 18.4 Å². The van der Waals surface area contributed by atoms with Gasteiger partial charge in [0, 0.05) is 31.8 Å². The topological polar surface area (TPSA) is 88.5 Å².